The van der Waals surface area contributed by atoms with Crippen LogP contribution >= 0.6 is 0 Å². The molecule has 0 heterocycles. The highest BCUT2D eigenvalue weighted by atomic mass is 16.5. The molecule has 120 valence electrons. The van der Waals surface area contributed by atoms with Crippen LogP contribution in [-0.2, 0) is 19.1 Å². The first kappa shape index (κ1) is 16.7. The lowest BCUT2D eigenvalue weighted by Crippen LogP contribution is -2.27. The third kappa shape index (κ3) is 3.93. The minimum Gasteiger partial charge on any atom is -0.457 e. The highest BCUT2D eigenvalue weighted by Gasteiger charge is 2.31. The summed E-state index contributed by atoms with van der Waals surface area (Å²) in [5, 5.41) is 0. The Kier molecular flexibility index (Phi) is 4.41. The van der Waals surface area contributed by atoms with Gasteiger partial charge in [0.2, 0.25) is 0 Å². The first-order valence-corrected chi connectivity index (χ1v) is 7.78. The highest BCUT2D eigenvalue weighted by Crippen LogP contribution is 2.33. The Labute approximate surface area is 131 Å². The van der Waals surface area contributed by atoms with E-state index in [0.717, 1.165) is 12.8 Å². The third-order valence-electron chi connectivity index (χ3n) is 4.33. The van der Waals surface area contributed by atoms with E-state index < -0.39 is 5.97 Å². The number of rotatable bonds is 3. The Hall–Kier alpha value is -1.71. The lowest BCUT2D eigenvalue weighted by molar-refractivity contribution is -0.140. The number of carbonyl (C=O) groups excluding carboxylic acids is 3. The second-order valence-electron chi connectivity index (χ2n) is 7.63. The van der Waals surface area contributed by atoms with Crippen LogP contribution in [0.4, 0.5) is 0 Å². The van der Waals surface area contributed by atoms with Crippen LogP contribution in [-0.4, -0.2) is 24.1 Å². The lowest BCUT2D eigenvalue weighted by Gasteiger charge is -2.27. The maximum absolute atomic E-state index is 12.2. The summed E-state index contributed by atoms with van der Waals surface area (Å²) in [5.41, 5.74) is 0.425. The molecule has 0 N–H and O–H groups in total. The fourth-order valence-corrected chi connectivity index (χ4v) is 2.85. The third-order valence-corrected chi connectivity index (χ3v) is 4.33. The van der Waals surface area contributed by atoms with E-state index in [1.807, 2.05) is 19.9 Å². The molecule has 4 heteroatoms. The Bertz CT molecular complexity index is 576. The number of esters is 1. The molecule has 2 aliphatic carbocycles. The van der Waals surface area contributed by atoms with E-state index >= 15 is 0 Å². The van der Waals surface area contributed by atoms with Crippen molar-refractivity contribution in [3.8, 4) is 0 Å². The van der Waals surface area contributed by atoms with E-state index in [-0.39, 0.29) is 34.6 Å². The van der Waals surface area contributed by atoms with Gasteiger partial charge in [-0.1, -0.05) is 39.8 Å². The van der Waals surface area contributed by atoms with Crippen molar-refractivity contribution >= 4 is 17.5 Å². The Balaban J connectivity index is 2.07. The number of ketones is 2. The van der Waals surface area contributed by atoms with Gasteiger partial charge >= 0.3 is 5.97 Å². The van der Waals surface area contributed by atoms with E-state index in [0.29, 0.717) is 18.4 Å². The molecule has 2 aliphatic rings. The van der Waals surface area contributed by atoms with Crippen molar-refractivity contribution in [2.75, 3.05) is 6.61 Å². The number of carbonyl (C=O) groups is 3. The summed E-state index contributed by atoms with van der Waals surface area (Å²) < 4.78 is 5.23. The van der Waals surface area contributed by atoms with Crippen LogP contribution in [0, 0.1) is 10.8 Å². The monoisotopic (exact) mass is 304 g/mol. The predicted molar refractivity (Wildman–Crippen MR) is 83.2 cm³/mol. The molecule has 0 radical (unpaired) electrons. The summed E-state index contributed by atoms with van der Waals surface area (Å²) in [6.07, 6.45) is 5.96. The number of ether oxygens (including phenoxy) is 1. The van der Waals surface area contributed by atoms with Crippen LogP contribution < -0.4 is 0 Å². The minimum absolute atomic E-state index is 0.0244. The lowest BCUT2D eigenvalue weighted by atomic mass is 9.79. The van der Waals surface area contributed by atoms with Crippen molar-refractivity contribution in [1.29, 1.82) is 0 Å². The molecule has 0 saturated heterocycles. The number of hydrogen-bond donors (Lipinski definition) is 0. The van der Waals surface area contributed by atoms with Gasteiger partial charge in [-0.15, -0.1) is 0 Å². The van der Waals surface area contributed by atoms with Gasteiger partial charge in [-0.05, 0) is 23.7 Å². The molecule has 2 rings (SSSR count). The second kappa shape index (κ2) is 5.82. The zero-order valence-electron chi connectivity index (χ0n) is 13.8. The topological polar surface area (TPSA) is 60.4 Å². The molecular weight excluding hydrogens is 280 g/mol. The zero-order chi connectivity index (χ0) is 16.5. The maximum Gasteiger partial charge on any atom is 0.341 e. The molecule has 0 saturated carbocycles. The van der Waals surface area contributed by atoms with Crippen LogP contribution in [0.25, 0.3) is 0 Å². The first-order valence-electron chi connectivity index (χ1n) is 7.78. The van der Waals surface area contributed by atoms with Crippen LogP contribution in [0.5, 0.6) is 0 Å². The Morgan fingerprint density at radius 2 is 1.55 bits per heavy atom. The molecule has 0 fully saturated rings. The molecule has 0 spiro atoms. The van der Waals surface area contributed by atoms with E-state index in [1.165, 1.54) is 0 Å². The van der Waals surface area contributed by atoms with Crippen molar-refractivity contribution < 1.29 is 19.1 Å². The van der Waals surface area contributed by atoms with Crippen LogP contribution in [0.2, 0.25) is 0 Å². The van der Waals surface area contributed by atoms with Gasteiger partial charge in [-0.3, -0.25) is 9.59 Å². The van der Waals surface area contributed by atoms with Crippen molar-refractivity contribution in [2.45, 2.75) is 53.4 Å². The van der Waals surface area contributed by atoms with Gasteiger partial charge in [0.15, 0.2) is 11.6 Å². The molecule has 0 aromatic rings. The molecule has 0 atom stereocenters. The zero-order valence-corrected chi connectivity index (χ0v) is 13.8. The van der Waals surface area contributed by atoms with E-state index in [1.54, 1.807) is 6.08 Å². The maximum atomic E-state index is 12.2. The molecule has 0 aromatic heterocycles. The molecule has 0 amide bonds. The van der Waals surface area contributed by atoms with Crippen molar-refractivity contribution in [3.05, 3.63) is 23.3 Å². The van der Waals surface area contributed by atoms with Crippen LogP contribution in [0.3, 0.4) is 0 Å². The van der Waals surface area contributed by atoms with Crippen LogP contribution in [0.1, 0.15) is 53.4 Å². The molecule has 22 heavy (non-hydrogen) atoms. The molecule has 0 unspecified atom stereocenters. The molecule has 0 aromatic carbocycles. The summed E-state index contributed by atoms with van der Waals surface area (Å²) in [5.74, 6) is -0.764. The summed E-state index contributed by atoms with van der Waals surface area (Å²) in [6.45, 7) is 8.03. The smallest absolute Gasteiger partial charge is 0.341 e. The van der Waals surface area contributed by atoms with E-state index in [9.17, 15) is 14.4 Å². The van der Waals surface area contributed by atoms with Gasteiger partial charge in [-0.2, -0.15) is 0 Å². The quantitative estimate of drug-likeness (QED) is 0.593. The SMILES string of the molecule is CC1(C)C=C(COC(=O)C2=CC(C)(C)CCC2=O)C(=O)CC1. The first-order chi connectivity index (χ1) is 10.1. The predicted octanol–water partition coefficient (Wildman–Crippen LogP) is 3.16. The molecule has 0 bridgehead atoms. The van der Waals surface area contributed by atoms with Gasteiger partial charge in [0.1, 0.15) is 6.61 Å². The molecule has 0 aliphatic heterocycles. The van der Waals surface area contributed by atoms with Gasteiger partial charge in [0.25, 0.3) is 0 Å². The Morgan fingerprint density at radius 1 is 1.00 bits per heavy atom. The van der Waals surface area contributed by atoms with Crippen molar-refractivity contribution in [1.82, 2.24) is 0 Å². The standard InChI is InChI=1S/C18H24O4/c1-17(2)7-5-14(19)12(9-17)11-22-16(21)13-10-18(3,4)8-6-15(13)20/h9-10H,5-8,11H2,1-4H3. The average molecular weight is 304 g/mol. The average Bonchev–Trinajstić information content (AvgIpc) is 2.42. The van der Waals surface area contributed by atoms with Crippen LogP contribution in [0.15, 0.2) is 23.3 Å². The summed E-state index contributed by atoms with van der Waals surface area (Å²) >= 11 is 0. The minimum atomic E-state index is -0.616. The largest absolute Gasteiger partial charge is 0.457 e. The fraction of sp³-hybridized carbons (Fsp3) is 0.611. The van der Waals surface area contributed by atoms with Gasteiger partial charge in [0, 0.05) is 18.4 Å². The second-order valence-corrected chi connectivity index (χ2v) is 7.63. The van der Waals surface area contributed by atoms with Crippen molar-refractivity contribution in [3.63, 3.8) is 0 Å². The summed E-state index contributed by atoms with van der Waals surface area (Å²) in [6, 6.07) is 0. The molecule has 4 nitrogen and oxygen atoms in total. The van der Waals surface area contributed by atoms with Gasteiger partial charge < -0.3 is 4.74 Å². The normalized spacial score (nSPS) is 23.6. The number of Topliss-reactive ketones (excluding diaryl/α,β-unsaturated/α-hetero) is 2. The van der Waals surface area contributed by atoms with E-state index in [2.05, 4.69) is 13.8 Å². The fourth-order valence-electron chi connectivity index (χ4n) is 2.85. The number of allylic oxidation sites excluding steroid dienone is 2. The number of hydrogen-bond acceptors (Lipinski definition) is 4. The van der Waals surface area contributed by atoms with Crippen molar-refractivity contribution in [2.24, 2.45) is 10.8 Å². The summed E-state index contributed by atoms with van der Waals surface area (Å²) in [4.78, 5) is 35.9. The van der Waals surface area contributed by atoms with E-state index in [4.69, 9.17) is 4.74 Å². The van der Waals surface area contributed by atoms with Gasteiger partial charge in [0.05, 0.1) is 5.57 Å². The highest BCUT2D eigenvalue weighted by molar-refractivity contribution is 6.18. The molecular formula is C18H24O4. The Morgan fingerprint density at radius 3 is 2.18 bits per heavy atom. The summed E-state index contributed by atoms with van der Waals surface area (Å²) in [7, 11) is 0. The van der Waals surface area contributed by atoms with Gasteiger partial charge in [-0.25, -0.2) is 4.79 Å².